The predicted octanol–water partition coefficient (Wildman–Crippen LogP) is 8.42. The first kappa shape index (κ1) is 78.9. The summed E-state index contributed by atoms with van der Waals surface area (Å²) < 4.78 is 124. The predicted molar refractivity (Wildman–Crippen MR) is 394 cm³/mol. The van der Waals surface area contributed by atoms with Crippen molar-refractivity contribution in [3.8, 4) is 17.2 Å². The van der Waals surface area contributed by atoms with Gasteiger partial charge in [0.2, 0.25) is 5.69 Å². The number of allylic oxidation sites excluding steroid dienone is 7. The number of hydrogen-bond donors (Lipinski definition) is 1. The maximum Gasteiger partial charge on any atom is 1.00 e. The minimum absolute atomic E-state index is 0. The SMILES string of the molecule is COCCOc1cc(CNC2=C(/C=C/C3=[N+](CCCCS(=O)(=O)[O-])c4ccccc4C3(C)C)CCC/C2=C\C=C2\N(CCCCS(=O)(=O)[O-])c3ccccc3C2(C)C)ccc1N1CCOc2cc(C)ccc2N2CCOCCOCCN(CCOCCOCC2)c2ccc(C)cc2OCC1.[Na+]. The van der Waals surface area contributed by atoms with Gasteiger partial charge in [0.05, 0.1) is 115 Å². The molecule has 0 amide bonds. The third-order valence-corrected chi connectivity index (χ3v) is 20.9. The molecule has 5 heterocycles. The molecular formula is C78H103N6NaO14S2. The van der Waals surface area contributed by atoms with E-state index in [0.29, 0.717) is 157 Å². The Morgan fingerprint density at radius 2 is 1.12 bits per heavy atom. The summed E-state index contributed by atoms with van der Waals surface area (Å²) in [4.78, 5) is 9.10. The molecule has 6 aliphatic rings. The second-order valence-electron chi connectivity index (χ2n) is 27.3. The van der Waals surface area contributed by atoms with Gasteiger partial charge in [0.1, 0.15) is 43.6 Å². The van der Waals surface area contributed by atoms with Crippen molar-refractivity contribution in [3.05, 3.63) is 178 Å². The van der Waals surface area contributed by atoms with Gasteiger partial charge in [0, 0.05) is 105 Å². The van der Waals surface area contributed by atoms with Crippen LogP contribution < -0.4 is 68.7 Å². The summed E-state index contributed by atoms with van der Waals surface area (Å²) in [5.74, 6) is 1.39. The van der Waals surface area contributed by atoms with Crippen LogP contribution in [0.2, 0.25) is 0 Å². The molecule has 1 saturated heterocycles. The van der Waals surface area contributed by atoms with E-state index < -0.39 is 42.6 Å². The summed E-state index contributed by atoms with van der Waals surface area (Å²) in [5.41, 5.74) is 15.0. The minimum atomic E-state index is -4.36. The van der Waals surface area contributed by atoms with Gasteiger partial charge < -0.3 is 71.9 Å². The molecule has 542 valence electrons. The summed E-state index contributed by atoms with van der Waals surface area (Å²) in [6, 6.07) is 35.8. The molecule has 0 radical (unpaired) electrons. The van der Waals surface area contributed by atoms with Crippen LogP contribution >= 0.6 is 0 Å². The van der Waals surface area contributed by atoms with Gasteiger partial charge in [-0.3, -0.25) is 0 Å². The van der Waals surface area contributed by atoms with Gasteiger partial charge in [-0.05, 0) is 148 Å². The van der Waals surface area contributed by atoms with Crippen LogP contribution in [0.25, 0.3) is 0 Å². The monoisotopic (exact) mass is 1430 g/mol. The van der Waals surface area contributed by atoms with Crippen molar-refractivity contribution in [2.45, 2.75) is 104 Å². The van der Waals surface area contributed by atoms with E-state index in [2.05, 4.69) is 186 Å². The number of unbranched alkanes of at least 4 members (excludes halogenated alkanes) is 2. The van der Waals surface area contributed by atoms with Crippen LogP contribution in [0.15, 0.2) is 150 Å². The van der Waals surface area contributed by atoms with Crippen LogP contribution in [-0.4, -0.2) is 186 Å². The number of nitrogens with zero attached hydrogens (tertiary/aromatic N) is 5. The van der Waals surface area contributed by atoms with Gasteiger partial charge in [0.25, 0.3) is 0 Å². The fraction of sp³-hybridized carbons (Fsp3) is 0.500. The van der Waals surface area contributed by atoms with Crippen molar-refractivity contribution in [1.82, 2.24) is 5.32 Å². The van der Waals surface area contributed by atoms with Gasteiger partial charge in [-0.2, -0.15) is 4.58 Å². The van der Waals surface area contributed by atoms with Crippen LogP contribution in [0.1, 0.15) is 100 Å². The third kappa shape index (κ3) is 21.7. The second-order valence-corrected chi connectivity index (χ2v) is 30.3. The van der Waals surface area contributed by atoms with Gasteiger partial charge in [-0.1, -0.05) is 80.6 Å². The van der Waals surface area contributed by atoms with E-state index >= 15 is 0 Å². The molecule has 5 aromatic rings. The molecule has 101 heavy (non-hydrogen) atoms. The average molecular weight is 1440 g/mol. The molecule has 23 heteroatoms. The number of nitrogens with one attached hydrogen (secondary N) is 1. The van der Waals surface area contributed by atoms with Gasteiger partial charge in [-0.15, -0.1) is 0 Å². The van der Waals surface area contributed by atoms with Crippen LogP contribution in [-0.2, 0) is 61.3 Å². The summed E-state index contributed by atoms with van der Waals surface area (Å²) in [6.07, 6.45) is 13.0. The van der Waals surface area contributed by atoms with Gasteiger partial charge in [-0.25, -0.2) is 16.8 Å². The number of aryl methyl sites for hydroxylation is 2. The summed E-state index contributed by atoms with van der Waals surface area (Å²) in [6.45, 7) is 23.2. The first-order chi connectivity index (χ1) is 48.2. The topological polar surface area (TPSA) is 216 Å². The van der Waals surface area contributed by atoms with E-state index in [9.17, 15) is 25.9 Å². The molecule has 1 aliphatic carbocycles. The zero-order valence-electron chi connectivity index (χ0n) is 60.6. The molecule has 0 atom stereocenters. The molecule has 5 aromatic carbocycles. The smallest absolute Gasteiger partial charge is 0.748 e. The number of anilines is 4. The maximum atomic E-state index is 11.7. The Hall–Kier alpha value is -6.25. The fourth-order valence-corrected chi connectivity index (χ4v) is 15.2. The molecule has 0 unspecified atom stereocenters. The Morgan fingerprint density at radius 3 is 1.71 bits per heavy atom. The molecule has 0 aromatic heterocycles. The Balaban J connectivity index is 0.0000119. The number of rotatable bonds is 21. The van der Waals surface area contributed by atoms with Crippen molar-refractivity contribution in [1.29, 1.82) is 0 Å². The van der Waals surface area contributed by atoms with E-state index in [1.165, 1.54) is 11.1 Å². The van der Waals surface area contributed by atoms with Crippen molar-refractivity contribution in [2.24, 2.45) is 0 Å². The van der Waals surface area contributed by atoms with Crippen molar-refractivity contribution < 1.29 is 98.0 Å². The summed E-state index contributed by atoms with van der Waals surface area (Å²) >= 11 is 0. The molecular weight excluding hydrogens is 1330 g/mol. The fourth-order valence-electron chi connectivity index (χ4n) is 14.1. The van der Waals surface area contributed by atoms with Gasteiger partial charge >= 0.3 is 29.6 Å². The number of fused-ring (bicyclic) bond motifs is 22. The molecule has 1 N–H and O–H groups in total. The van der Waals surface area contributed by atoms with Crippen LogP contribution in [0.4, 0.5) is 28.4 Å². The molecule has 5 aliphatic heterocycles. The number of hydrogen-bond acceptors (Lipinski definition) is 19. The Morgan fingerprint density at radius 1 is 0.574 bits per heavy atom. The van der Waals surface area contributed by atoms with Crippen LogP contribution in [0, 0.1) is 13.8 Å². The van der Waals surface area contributed by atoms with E-state index in [1.807, 2.05) is 12.1 Å². The number of methoxy groups -OCH3 is 1. The molecule has 0 saturated carbocycles. The second kappa shape index (κ2) is 37.4. The van der Waals surface area contributed by atoms with Crippen LogP contribution in [0.3, 0.4) is 0 Å². The largest absolute Gasteiger partial charge is 1.00 e. The standard InChI is InChI=1S/C78H104N6O14S2.Na/c1-59-23-28-68-71(55-59)96-45-39-82(40-46-97-72-56-60(2)24-29-69(72)81-37-43-94-50-48-92-41-35-80(68)36-42-93-49-51-95-44-38-81)70-30-25-61(57-73(70)98-52-47-91-7)58-79-76-62(26-31-74-77(3,4)64-19-8-10-21-66(64)83(74)33-12-14-53-99(85,86)87)17-16-18-63(76)27-32-75-78(5,6)65-20-9-11-22-67(65)84(75)34-13-15-54-100(88,89)90;/h8-11,19-32,55-57H,12-18,33-54,58H2,1-7H3,(H2,85,86,87,88,89,90);/q;+1/p-1/b62-26+,74-31+;. The Kier molecular flexibility index (Phi) is 29.2. The Bertz CT molecular complexity index is 3890. The third-order valence-electron chi connectivity index (χ3n) is 19.4. The van der Waals surface area contributed by atoms with Crippen molar-refractivity contribution in [2.75, 3.05) is 170 Å². The maximum absolute atomic E-state index is 11.7. The van der Waals surface area contributed by atoms with Crippen molar-refractivity contribution in [3.63, 3.8) is 0 Å². The minimum Gasteiger partial charge on any atom is -0.748 e. The number of para-hydroxylation sites is 2. The average Bonchev–Trinajstić information content (AvgIpc) is 1.61. The van der Waals surface area contributed by atoms with E-state index in [-0.39, 0.29) is 42.4 Å². The summed E-state index contributed by atoms with van der Waals surface area (Å²) in [7, 11) is -7.05. The number of benzene rings is 5. The molecule has 20 nitrogen and oxygen atoms in total. The molecule has 11 rings (SSSR count). The molecule has 2 bridgehead atoms. The zero-order chi connectivity index (χ0) is 70.7. The van der Waals surface area contributed by atoms with E-state index in [1.54, 1.807) is 7.11 Å². The molecule has 0 spiro atoms. The Labute approximate surface area is 622 Å². The van der Waals surface area contributed by atoms with Crippen LogP contribution in [0.5, 0.6) is 17.2 Å². The first-order valence-electron chi connectivity index (χ1n) is 35.5. The number of ether oxygens (including phenoxy) is 8. The quantitative estimate of drug-likeness (QED) is 0.0240. The van der Waals surface area contributed by atoms with Gasteiger partial charge in [0.15, 0.2) is 5.71 Å². The van der Waals surface area contributed by atoms with E-state index in [4.69, 9.17) is 37.9 Å². The molecule has 1 fully saturated rings. The normalized spacial score (nSPS) is 19.1. The zero-order valence-corrected chi connectivity index (χ0v) is 64.2. The first-order valence-corrected chi connectivity index (χ1v) is 38.7. The summed E-state index contributed by atoms with van der Waals surface area (Å²) in [5, 5.41) is 3.99. The van der Waals surface area contributed by atoms with Crippen molar-refractivity contribution >= 4 is 54.4 Å². The van der Waals surface area contributed by atoms with E-state index in [0.717, 1.165) is 104 Å².